The van der Waals surface area contributed by atoms with Crippen LogP contribution in [0.1, 0.15) is 26.7 Å². The molecule has 1 aromatic rings. The Labute approximate surface area is 124 Å². The van der Waals surface area contributed by atoms with Gasteiger partial charge in [0, 0.05) is 5.69 Å². The van der Waals surface area contributed by atoms with E-state index in [1.165, 1.54) is 0 Å². The highest BCUT2D eigenvalue weighted by molar-refractivity contribution is 5.92. The van der Waals surface area contributed by atoms with Crippen LogP contribution in [0.5, 0.6) is 5.75 Å². The molecule has 3 N–H and O–H groups in total. The third kappa shape index (κ3) is 6.27. The Morgan fingerprint density at radius 3 is 2.43 bits per heavy atom. The molecule has 0 saturated heterocycles. The van der Waals surface area contributed by atoms with Gasteiger partial charge in [-0.2, -0.15) is 0 Å². The SMILES string of the molecule is CCCC(NCC(=O)Nc1ccc(OCC)cc1)C(=O)O. The van der Waals surface area contributed by atoms with Crippen LogP contribution < -0.4 is 15.4 Å². The second kappa shape index (κ2) is 8.97. The van der Waals surface area contributed by atoms with Gasteiger partial charge in [0.05, 0.1) is 13.2 Å². The van der Waals surface area contributed by atoms with Crippen LogP contribution in [-0.4, -0.2) is 36.2 Å². The summed E-state index contributed by atoms with van der Waals surface area (Å²) >= 11 is 0. The lowest BCUT2D eigenvalue weighted by Gasteiger charge is -2.13. The Hall–Kier alpha value is -2.08. The number of aliphatic carboxylic acids is 1. The van der Waals surface area contributed by atoms with Crippen molar-refractivity contribution in [2.75, 3.05) is 18.5 Å². The van der Waals surface area contributed by atoms with E-state index in [0.717, 1.165) is 12.2 Å². The second-order valence-corrected chi connectivity index (χ2v) is 4.57. The first-order chi connectivity index (χ1) is 10.1. The quantitative estimate of drug-likeness (QED) is 0.647. The number of hydrogen-bond donors (Lipinski definition) is 3. The Morgan fingerprint density at radius 2 is 1.90 bits per heavy atom. The molecule has 0 spiro atoms. The Morgan fingerprint density at radius 1 is 1.24 bits per heavy atom. The lowest BCUT2D eigenvalue weighted by Crippen LogP contribution is -2.41. The zero-order valence-electron chi connectivity index (χ0n) is 12.4. The third-order valence-electron chi connectivity index (χ3n) is 2.83. The van der Waals surface area contributed by atoms with Crippen LogP contribution in [0.3, 0.4) is 0 Å². The van der Waals surface area contributed by atoms with Crippen LogP contribution in [0.4, 0.5) is 5.69 Å². The fourth-order valence-electron chi connectivity index (χ4n) is 1.82. The van der Waals surface area contributed by atoms with Gasteiger partial charge in [-0.25, -0.2) is 0 Å². The second-order valence-electron chi connectivity index (χ2n) is 4.57. The first-order valence-corrected chi connectivity index (χ1v) is 7.05. The van der Waals surface area contributed by atoms with Crippen molar-refractivity contribution in [3.05, 3.63) is 24.3 Å². The molecular formula is C15H22N2O4. The van der Waals surface area contributed by atoms with E-state index in [4.69, 9.17) is 9.84 Å². The topological polar surface area (TPSA) is 87.7 Å². The summed E-state index contributed by atoms with van der Waals surface area (Å²) in [5.41, 5.74) is 0.646. The number of carbonyl (C=O) groups excluding carboxylic acids is 1. The highest BCUT2D eigenvalue weighted by Gasteiger charge is 2.16. The fourth-order valence-corrected chi connectivity index (χ4v) is 1.82. The number of nitrogens with one attached hydrogen (secondary N) is 2. The number of carbonyl (C=O) groups is 2. The maximum absolute atomic E-state index is 11.8. The number of hydrogen-bond acceptors (Lipinski definition) is 4. The van der Waals surface area contributed by atoms with Gasteiger partial charge >= 0.3 is 5.97 Å². The predicted octanol–water partition coefficient (Wildman–Crippen LogP) is 1.87. The van der Waals surface area contributed by atoms with Gasteiger partial charge in [0.15, 0.2) is 0 Å². The Balaban J connectivity index is 2.44. The zero-order chi connectivity index (χ0) is 15.7. The summed E-state index contributed by atoms with van der Waals surface area (Å²) in [6, 6.07) is 6.32. The minimum absolute atomic E-state index is 0.0375. The van der Waals surface area contributed by atoms with Crippen LogP contribution >= 0.6 is 0 Å². The average Bonchev–Trinajstić information content (AvgIpc) is 2.45. The van der Waals surface area contributed by atoms with Crippen LogP contribution in [0.15, 0.2) is 24.3 Å². The van der Waals surface area contributed by atoms with Gasteiger partial charge in [0.1, 0.15) is 11.8 Å². The molecule has 1 aromatic carbocycles. The molecule has 116 valence electrons. The van der Waals surface area contributed by atoms with Gasteiger partial charge in [-0.05, 0) is 37.6 Å². The first-order valence-electron chi connectivity index (χ1n) is 7.05. The highest BCUT2D eigenvalue weighted by atomic mass is 16.5. The van der Waals surface area contributed by atoms with E-state index in [0.29, 0.717) is 18.7 Å². The number of carboxylic acids is 1. The number of benzene rings is 1. The molecule has 6 heteroatoms. The summed E-state index contributed by atoms with van der Waals surface area (Å²) < 4.78 is 5.31. The molecule has 1 rings (SSSR count). The minimum atomic E-state index is -0.939. The van der Waals surface area contributed by atoms with Crippen molar-refractivity contribution in [2.45, 2.75) is 32.7 Å². The highest BCUT2D eigenvalue weighted by Crippen LogP contribution is 2.15. The maximum Gasteiger partial charge on any atom is 0.320 e. The van der Waals surface area contributed by atoms with Crippen molar-refractivity contribution in [3.63, 3.8) is 0 Å². The van der Waals surface area contributed by atoms with Crippen molar-refractivity contribution < 1.29 is 19.4 Å². The van der Waals surface area contributed by atoms with Crippen molar-refractivity contribution in [1.29, 1.82) is 0 Å². The summed E-state index contributed by atoms with van der Waals surface area (Å²) in [6.07, 6.45) is 1.23. The van der Waals surface area contributed by atoms with E-state index < -0.39 is 12.0 Å². The molecule has 0 aliphatic heterocycles. The third-order valence-corrected chi connectivity index (χ3v) is 2.83. The molecule has 6 nitrogen and oxygen atoms in total. The number of rotatable bonds is 9. The van der Waals surface area contributed by atoms with E-state index in [2.05, 4.69) is 10.6 Å². The molecule has 1 unspecified atom stereocenters. The summed E-state index contributed by atoms with van der Waals surface area (Å²) in [7, 11) is 0. The molecule has 0 aliphatic carbocycles. The van der Waals surface area contributed by atoms with Gasteiger partial charge in [-0.1, -0.05) is 13.3 Å². The van der Waals surface area contributed by atoms with E-state index in [9.17, 15) is 9.59 Å². The fraction of sp³-hybridized carbons (Fsp3) is 0.467. The lowest BCUT2D eigenvalue weighted by atomic mass is 10.2. The van der Waals surface area contributed by atoms with E-state index in [1.807, 2.05) is 13.8 Å². The lowest BCUT2D eigenvalue weighted by molar-refractivity contribution is -0.139. The summed E-state index contributed by atoms with van der Waals surface area (Å²) in [6.45, 7) is 4.35. The summed E-state index contributed by atoms with van der Waals surface area (Å²) in [5.74, 6) is -0.477. The van der Waals surface area contributed by atoms with Gasteiger partial charge in [0.25, 0.3) is 0 Å². The number of carboxylic acid groups (broad SMARTS) is 1. The van der Waals surface area contributed by atoms with Crippen LogP contribution in [-0.2, 0) is 9.59 Å². The smallest absolute Gasteiger partial charge is 0.320 e. The summed E-state index contributed by atoms with van der Waals surface area (Å²) in [5, 5.41) is 14.4. The monoisotopic (exact) mass is 294 g/mol. The van der Waals surface area contributed by atoms with Crippen molar-refractivity contribution in [1.82, 2.24) is 5.32 Å². The van der Waals surface area contributed by atoms with Gasteiger partial charge < -0.3 is 15.2 Å². The number of anilines is 1. The molecule has 0 fully saturated rings. The molecule has 0 bridgehead atoms. The van der Waals surface area contributed by atoms with E-state index >= 15 is 0 Å². The first kappa shape index (κ1) is 17.0. The van der Waals surface area contributed by atoms with E-state index in [1.54, 1.807) is 24.3 Å². The molecule has 1 atom stereocenters. The predicted molar refractivity (Wildman–Crippen MR) is 80.6 cm³/mol. The van der Waals surface area contributed by atoms with Gasteiger partial charge in [-0.3, -0.25) is 14.9 Å². The molecule has 0 saturated carbocycles. The molecule has 1 amide bonds. The van der Waals surface area contributed by atoms with Gasteiger partial charge in [0.2, 0.25) is 5.91 Å². The van der Waals surface area contributed by atoms with Crippen molar-refractivity contribution >= 4 is 17.6 Å². The van der Waals surface area contributed by atoms with Crippen LogP contribution in [0.25, 0.3) is 0 Å². The average molecular weight is 294 g/mol. The zero-order valence-corrected chi connectivity index (χ0v) is 12.4. The normalized spacial score (nSPS) is 11.7. The molecule has 0 radical (unpaired) electrons. The molecule has 0 aliphatic rings. The van der Waals surface area contributed by atoms with E-state index in [-0.39, 0.29) is 12.5 Å². The van der Waals surface area contributed by atoms with Crippen molar-refractivity contribution in [3.8, 4) is 5.75 Å². The number of ether oxygens (including phenoxy) is 1. The number of amides is 1. The summed E-state index contributed by atoms with van der Waals surface area (Å²) in [4.78, 5) is 22.7. The maximum atomic E-state index is 11.8. The standard InChI is InChI=1S/C15H22N2O4/c1-3-5-13(15(19)20)16-10-14(18)17-11-6-8-12(9-7-11)21-4-2/h6-9,13,16H,3-5,10H2,1-2H3,(H,17,18)(H,19,20). The van der Waals surface area contributed by atoms with Crippen molar-refractivity contribution in [2.24, 2.45) is 0 Å². The Bertz CT molecular complexity index is 459. The molecule has 21 heavy (non-hydrogen) atoms. The van der Waals surface area contributed by atoms with Gasteiger partial charge in [-0.15, -0.1) is 0 Å². The molecule has 0 aromatic heterocycles. The Kier molecular flexibility index (Phi) is 7.25. The largest absolute Gasteiger partial charge is 0.494 e. The minimum Gasteiger partial charge on any atom is -0.494 e. The van der Waals surface area contributed by atoms with Crippen LogP contribution in [0.2, 0.25) is 0 Å². The molecular weight excluding hydrogens is 272 g/mol. The molecule has 0 heterocycles. The van der Waals surface area contributed by atoms with Crippen LogP contribution in [0, 0.1) is 0 Å².